The molecule has 0 aliphatic carbocycles. The van der Waals surface area contributed by atoms with Gasteiger partial charge in [-0.25, -0.2) is 0 Å². The van der Waals surface area contributed by atoms with E-state index in [9.17, 15) is 4.79 Å². The Kier molecular flexibility index (Phi) is 3.93. The molecule has 1 fully saturated rings. The monoisotopic (exact) mass is 321 g/mol. The predicted molar refractivity (Wildman–Crippen MR) is 76.3 cm³/mol. The zero-order chi connectivity index (χ0) is 14.0. The fraction of sp³-hybridized carbons (Fsp3) is 0.429. The molecule has 1 saturated heterocycles. The summed E-state index contributed by atoms with van der Waals surface area (Å²) in [5.74, 6) is 0.0507. The number of nitrogens with one attached hydrogen (secondary N) is 2. The Morgan fingerprint density at radius 1 is 1.58 bits per heavy atom. The number of benzene rings is 1. The molecule has 4 nitrogen and oxygen atoms in total. The van der Waals surface area contributed by atoms with Crippen LogP contribution in [-0.4, -0.2) is 18.5 Å². The molecule has 1 aliphatic heterocycles. The van der Waals surface area contributed by atoms with Crippen LogP contribution in [-0.2, 0) is 11.3 Å². The topological polar surface area (TPSA) is 64.9 Å². The first kappa shape index (κ1) is 14.0. The van der Waals surface area contributed by atoms with Crippen molar-refractivity contribution in [1.29, 1.82) is 5.26 Å². The molecule has 1 amide bonds. The smallest absolute Gasteiger partial charge is 0.237 e. The molecular formula is C14H16BrN3O. The molecule has 0 saturated carbocycles. The third-order valence-electron chi connectivity index (χ3n) is 3.44. The molecule has 1 atom stereocenters. The maximum atomic E-state index is 11.8. The van der Waals surface area contributed by atoms with Gasteiger partial charge < -0.3 is 10.6 Å². The summed E-state index contributed by atoms with van der Waals surface area (Å²) in [6, 6.07) is 7.38. The average Bonchev–Trinajstić information content (AvgIpc) is 2.62. The molecule has 19 heavy (non-hydrogen) atoms. The van der Waals surface area contributed by atoms with E-state index >= 15 is 0 Å². The van der Waals surface area contributed by atoms with Gasteiger partial charge in [-0.05, 0) is 17.7 Å². The first-order valence-electron chi connectivity index (χ1n) is 6.13. The molecule has 5 heteroatoms. The average molecular weight is 322 g/mol. The SMILES string of the molecule is CC1(C)CNC(=O)C1NCc1ccc(C#N)cc1Br. The van der Waals surface area contributed by atoms with E-state index in [1.807, 2.05) is 6.07 Å². The molecule has 1 unspecified atom stereocenters. The Bertz CT molecular complexity index is 548. The van der Waals surface area contributed by atoms with Crippen LogP contribution in [0.15, 0.2) is 22.7 Å². The lowest BCUT2D eigenvalue weighted by molar-refractivity contribution is -0.121. The van der Waals surface area contributed by atoms with E-state index in [-0.39, 0.29) is 17.4 Å². The molecule has 2 N–H and O–H groups in total. The molecule has 1 aromatic carbocycles. The van der Waals surface area contributed by atoms with Crippen molar-refractivity contribution in [2.24, 2.45) is 5.41 Å². The number of hydrogen-bond donors (Lipinski definition) is 2. The van der Waals surface area contributed by atoms with E-state index in [1.54, 1.807) is 12.1 Å². The predicted octanol–water partition coefficient (Wildman–Crippen LogP) is 1.93. The minimum atomic E-state index is -0.185. The van der Waals surface area contributed by atoms with Crippen molar-refractivity contribution in [3.05, 3.63) is 33.8 Å². The summed E-state index contributed by atoms with van der Waals surface area (Å²) in [7, 11) is 0. The molecule has 0 spiro atoms. The number of carbonyl (C=O) groups is 1. The summed E-state index contributed by atoms with van der Waals surface area (Å²) in [5.41, 5.74) is 1.57. The van der Waals surface area contributed by atoms with Crippen molar-refractivity contribution in [2.45, 2.75) is 26.4 Å². The van der Waals surface area contributed by atoms with Crippen LogP contribution >= 0.6 is 15.9 Å². The van der Waals surface area contributed by atoms with Crippen molar-refractivity contribution in [3.8, 4) is 6.07 Å². The summed E-state index contributed by atoms with van der Waals surface area (Å²) in [5, 5.41) is 15.0. The molecule has 0 aromatic heterocycles. The Balaban J connectivity index is 2.07. The van der Waals surface area contributed by atoms with E-state index in [0.29, 0.717) is 18.7 Å². The number of rotatable bonds is 3. The summed E-state index contributed by atoms with van der Waals surface area (Å²) in [6.45, 7) is 5.42. The van der Waals surface area contributed by atoms with Gasteiger partial charge in [0.2, 0.25) is 5.91 Å². The highest BCUT2D eigenvalue weighted by atomic mass is 79.9. The van der Waals surface area contributed by atoms with E-state index in [4.69, 9.17) is 5.26 Å². The van der Waals surface area contributed by atoms with Gasteiger partial charge in [-0.15, -0.1) is 0 Å². The molecular weight excluding hydrogens is 306 g/mol. The number of amides is 1. The van der Waals surface area contributed by atoms with Gasteiger partial charge in [0.1, 0.15) is 0 Å². The normalized spacial score (nSPS) is 20.9. The lowest BCUT2D eigenvalue weighted by Gasteiger charge is -2.24. The Morgan fingerprint density at radius 2 is 2.32 bits per heavy atom. The van der Waals surface area contributed by atoms with Gasteiger partial charge >= 0.3 is 0 Å². The van der Waals surface area contributed by atoms with Crippen LogP contribution in [0.2, 0.25) is 0 Å². The van der Waals surface area contributed by atoms with Crippen LogP contribution in [0.25, 0.3) is 0 Å². The molecule has 2 rings (SSSR count). The van der Waals surface area contributed by atoms with Crippen LogP contribution in [0.1, 0.15) is 25.0 Å². The Morgan fingerprint density at radius 3 is 2.84 bits per heavy atom. The minimum absolute atomic E-state index is 0.0507. The van der Waals surface area contributed by atoms with Crippen molar-refractivity contribution in [1.82, 2.24) is 10.6 Å². The van der Waals surface area contributed by atoms with Crippen molar-refractivity contribution >= 4 is 21.8 Å². The van der Waals surface area contributed by atoms with E-state index < -0.39 is 0 Å². The number of halogens is 1. The van der Waals surface area contributed by atoms with E-state index in [2.05, 4.69) is 46.5 Å². The lowest BCUT2D eigenvalue weighted by atomic mass is 9.87. The highest BCUT2D eigenvalue weighted by molar-refractivity contribution is 9.10. The molecule has 1 aromatic rings. The van der Waals surface area contributed by atoms with Crippen LogP contribution in [0.3, 0.4) is 0 Å². The van der Waals surface area contributed by atoms with Gasteiger partial charge in [-0.2, -0.15) is 5.26 Å². The second-order valence-electron chi connectivity index (χ2n) is 5.44. The van der Waals surface area contributed by atoms with Crippen LogP contribution in [0.4, 0.5) is 0 Å². The zero-order valence-corrected chi connectivity index (χ0v) is 12.5. The third kappa shape index (κ3) is 2.96. The van der Waals surface area contributed by atoms with Crippen molar-refractivity contribution in [3.63, 3.8) is 0 Å². The third-order valence-corrected chi connectivity index (χ3v) is 4.18. The van der Waals surface area contributed by atoms with E-state index in [0.717, 1.165) is 10.0 Å². The Labute approximate surface area is 121 Å². The second kappa shape index (κ2) is 5.32. The van der Waals surface area contributed by atoms with Crippen LogP contribution in [0.5, 0.6) is 0 Å². The van der Waals surface area contributed by atoms with Gasteiger partial charge in [-0.1, -0.05) is 35.8 Å². The fourth-order valence-electron chi connectivity index (χ4n) is 2.22. The first-order chi connectivity index (χ1) is 8.94. The second-order valence-corrected chi connectivity index (χ2v) is 6.29. The van der Waals surface area contributed by atoms with Crippen molar-refractivity contribution in [2.75, 3.05) is 6.54 Å². The standard InChI is InChI=1S/C14H16BrN3O/c1-14(2)8-18-13(19)12(14)17-7-10-4-3-9(6-16)5-11(10)15/h3-5,12,17H,7-8H2,1-2H3,(H,18,19). The van der Waals surface area contributed by atoms with Gasteiger partial charge in [0.05, 0.1) is 17.7 Å². The number of nitrogens with zero attached hydrogens (tertiary/aromatic N) is 1. The summed E-state index contributed by atoms with van der Waals surface area (Å²) in [4.78, 5) is 11.8. The number of hydrogen-bond acceptors (Lipinski definition) is 3. The summed E-state index contributed by atoms with van der Waals surface area (Å²) >= 11 is 3.45. The summed E-state index contributed by atoms with van der Waals surface area (Å²) in [6.07, 6.45) is 0. The molecule has 0 radical (unpaired) electrons. The molecule has 100 valence electrons. The number of carbonyl (C=O) groups excluding carboxylic acids is 1. The van der Waals surface area contributed by atoms with Gasteiger partial charge in [-0.3, -0.25) is 4.79 Å². The van der Waals surface area contributed by atoms with Gasteiger partial charge in [0.25, 0.3) is 0 Å². The minimum Gasteiger partial charge on any atom is -0.354 e. The van der Waals surface area contributed by atoms with Gasteiger partial charge in [0.15, 0.2) is 0 Å². The maximum Gasteiger partial charge on any atom is 0.237 e. The van der Waals surface area contributed by atoms with Crippen LogP contribution in [0, 0.1) is 16.7 Å². The zero-order valence-electron chi connectivity index (χ0n) is 11.0. The summed E-state index contributed by atoms with van der Waals surface area (Å²) < 4.78 is 0.885. The highest BCUT2D eigenvalue weighted by Crippen LogP contribution is 2.26. The van der Waals surface area contributed by atoms with Crippen LogP contribution < -0.4 is 10.6 Å². The molecule has 1 heterocycles. The molecule has 1 aliphatic rings. The maximum absolute atomic E-state index is 11.8. The van der Waals surface area contributed by atoms with Crippen molar-refractivity contribution < 1.29 is 4.79 Å². The highest BCUT2D eigenvalue weighted by Gasteiger charge is 2.40. The Hall–Kier alpha value is -1.38. The number of nitriles is 1. The van der Waals surface area contributed by atoms with E-state index in [1.165, 1.54) is 0 Å². The lowest BCUT2D eigenvalue weighted by Crippen LogP contribution is -2.43. The fourth-order valence-corrected chi connectivity index (χ4v) is 2.73. The first-order valence-corrected chi connectivity index (χ1v) is 6.93. The quantitative estimate of drug-likeness (QED) is 0.894. The largest absolute Gasteiger partial charge is 0.354 e. The van der Waals surface area contributed by atoms with Gasteiger partial charge in [0, 0.05) is 23.0 Å². The molecule has 0 bridgehead atoms.